The van der Waals surface area contributed by atoms with Crippen molar-refractivity contribution in [2.75, 3.05) is 5.75 Å². The second-order valence-electron chi connectivity index (χ2n) is 3.53. The van der Waals surface area contributed by atoms with E-state index in [1.54, 1.807) is 16.3 Å². The summed E-state index contributed by atoms with van der Waals surface area (Å²) in [6.45, 7) is 5.98. The van der Waals surface area contributed by atoms with E-state index < -0.39 is 0 Å². The molecule has 0 aliphatic heterocycles. The first-order chi connectivity index (χ1) is 7.70. The van der Waals surface area contributed by atoms with Crippen molar-refractivity contribution in [3.8, 4) is 0 Å². The number of aryl methyl sites for hydroxylation is 2. The van der Waals surface area contributed by atoms with E-state index in [1.165, 1.54) is 0 Å². The van der Waals surface area contributed by atoms with Crippen molar-refractivity contribution >= 4 is 17.5 Å². The second kappa shape index (κ2) is 4.65. The van der Waals surface area contributed by atoms with Gasteiger partial charge in [0.05, 0.1) is 0 Å². The number of allylic oxidation sites excluding steroid dienone is 1. The minimum absolute atomic E-state index is 0.681. The van der Waals surface area contributed by atoms with Gasteiger partial charge in [-0.2, -0.15) is 4.98 Å². The minimum Gasteiger partial charge on any atom is -0.216 e. The van der Waals surface area contributed by atoms with Crippen LogP contribution in [0.2, 0.25) is 0 Å². The highest BCUT2D eigenvalue weighted by molar-refractivity contribution is 7.99. The van der Waals surface area contributed by atoms with Crippen LogP contribution < -0.4 is 0 Å². The molecule has 5 heteroatoms. The third-order valence-corrected chi connectivity index (χ3v) is 2.93. The molecular weight excluding hydrogens is 220 g/mol. The molecule has 0 amide bonds. The molecule has 0 bridgehead atoms. The van der Waals surface area contributed by atoms with Gasteiger partial charge >= 0.3 is 0 Å². The van der Waals surface area contributed by atoms with Crippen LogP contribution in [-0.2, 0) is 0 Å². The smallest absolute Gasteiger partial charge is 0.216 e. The number of fused-ring (bicyclic) bond motifs is 1. The SMILES string of the molecule is CC=CCSc1nc2nc(C)cc(C)n2n1. The van der Waals surface area contributed by atoms with Crippen LogP contribution in [-0.4, -0.2) is 25.3 Å². The molecule has 2 rings (SSSR count). The van der Waals surface area contributed by atoms with Crippen molar-refractivity contribution in [1.29, 1.82) is 0 Å². The third-order valence-electron chi connectivity index (χ3n) is 2.14. The van der Waals surface area contributed by atoms with Gasteiger partial charge in [0, 0.05) is 17.1 Å². The van der Waals surface area contributed by atoms with Gasteiger partial charge < -0.3 is 0 Å². The Kier molecular flexibility index (Phi) is 3.24. The van der Waals surface area contributed by atoms with Gasteiger partial charge in [0.15, 0.2) is 0 Å². The molecule has 2 aromatic rings. The van der Waals surface area contributed by atoms with E-state index in [2.05, 4.69) is 21.1 Å². The van der Waals surface area contributed by atoms with E-state index >= 15 is 0 Å². The summed E-state index contributed by atoms with van der Waals surface area (Å²) in [4.78, 5) is 8.72. The molecule has 2 heterocycles. The lowest BCUT2D eigenvalue weighted by atomic mass is 10.4. The molecule has 0 atom stereocenters. The molecule has 0 radical (unpaired) electrons. The van der Waals surface area contributed by atoms with Gasteiger partial charge in [0.25, 0.3) is 5.78 Å². The molecule has 0 saturated carbocycles. The zero-order chi connectivity index (χ0) is 11.5. The first kappa shape index (κ1) is 11.1. The van der Waals surface area contributed by atoms with Crippen LogP contribution >= 0.6 is 11.8 Å². The van der Waals surface area contributed by atoms with Gasteiger partial charge in [-0.1, -0.05) is 23.9 Å². The Bertz CT molecular complexity index is 530. The van der Waals surface area contributed by atoms with Crippen molar-refractivity contribution < 1.29 is 0 Å². The molecule has 0 N–H and O–H groups in total. The maximum Gasteiger partial charge on any atom is 0.253 e. The summed E-state index contributed by atoms with van der Waals surface area (Å²) in [6.07, 6.45) is 4.11. The Morgan fingerprint density at radius 2 is 2.19 bits per heavy atom. The number of thioether (sulfide) groups is 1. The van der Waals surface area contributed by atoms with Gasteiger partial charge in [-0.15, -0.1) is 5.10 Å². The molecule has 4 nitrogen and oxygen atoms in total. The van der Waals surface area contributed by atoms with Gasteiger partial charge in [-0.05, 0) is 26.8 Å². The predicted octanol–water partition coefficient (Wildman–Crippen LogP) is 2.41. The summed E-state index contributed by atoms with van der Waals surface area (Å²) in [5, 5.41) is 5.17. The first-order valence-electron chi connectivity index (χ1n) is 5.15. The molecule has 0 fully saturated rings. The molecule has 0 aromatic carbocycles. The Morgan fingerprint density at radius 3 is 2.94 bits per heavy atom. The number of hydrogen-bond donors (Lipinski definition) is 0. The van der Waals surface area contributed by atoms with Crippen LogP contribution in [0.25, 0.3) is 5.78 Å². The Hall–Kier alpha value is -1.36. The fraction of sp³-hybridized carbons (Fsp3) is 0.364. The maximum absolute atomic E-state index is 4.40. The fourth-order valence-electron chi connectivity index (χ4n) is 1.43. The standard InChI is InChI=1S/C11H14N4S/c1-4-5-6-16-11-13-10-12-8(2)7-9(3)15(10)14-11/h4-5,7H,6H2,1-3H3. The van der Waals surface area contributed by atoms with Gasteiger partial charge in [0.1, 0.15) is 0 Å². The minimum atomic E-state index is 0.681. The largest absolute Gasteiger partial charge is 0.253 e. The second-order valence-corrected chi connectivity index (χ2v) is 4.51. The Balaban J connectivity index is 2.32. The predicted molar refractivity (Wildman–Crippen MR) is 65.8 cm³/mol. The van der Waals surface area contributed by atoms with E-state index in [1.807, 2.05) is 32.9 Å². The van der Waals surface area contributed by atoms with Gasteiger partial charge in [-0.3, -0.25) is 0 Å². The summed E-state index contributed by atoms with van der Waals surface area (Å²) < 4.78 is 1.78. The van der Waals surface area contributed by atoms with E-state index in [0.717, 1.165) is 22.3 Å². The van der Waals surface area contributed by atoms with E-state index in [-0.39, 0.29) is 0 Å². The number of aromatic nitrogens is 4. The summed E-state index contributed by atoms with van der Waals surface area (Å²) in [5.41, 5.74) is 2.04. The summed E-state index contributed by atoms with van der Waals surface area (Å²) >= 11 is 1.62. The molecule has 0 unspecified atom stereocenters. The maximum atomic E-state index is 4.40. The summed E-state index contributed by atoms with van der Waals surface area (Å²) in [6, 6.07) is 2.00. The normalized spacial score (nSPS) is 11.7. The molecule has 0 spiro atoms. The number of nitrogens with zero attached hydrogens (tertiary/aromatic N) is 4. The van der Waals surface area contributed by atoms with Crippen molar-refractivity contribution in [2.24, 2.45) is 0 Å². The average molecular weight is 234 g/mol. The molecule has 0 saturated heterocycles. The van der Waals surface area contributed by atoms with Crippen molar-refractivity contribution in [3.63, 3.8) is 0 Å². The van der Waals surface area contributed by atoms with Crippen LogP contribution in [0.15, 0.2) is 23.4 Å². The van der Waals surface area contributed by atoms with Crippen molar-refractivity contribution in [3.05, 3.63) is 29.6 Å². The molecule has 2 aromatic heterocycles. The lowest BCUT2D eigenvalue weighted by Crippen LogP contribution is -1.97. The molecule has 16 heavy (non-hydrogen) atoms. The number of rotatable bonds is 3. The van der Waals surface area contributed by atoms with Crippen LogP contribution in [0.3, 0.4) is 0 Å². The molecular formula is C11H14N4S. The highest BCUT2D eigenvalue weighted by atomic mass is 32.2. The molecule has 84 valence electrons. The Labute approximate surface area is 98.8 Å². The van der Waals surface area contributed by atoms with Crippen LogP contribution in [0.1, 0.15) is 18.3 Å². The highest BCUT2D eigenvalue weighted by Gasteiger charge is 2.06. The topological polar surface area (TPSA) is 43.1 Å². The summed E-state index contributed by atoms with van der Waals surface area (Å²) in [5.74, 6) is 1.58. The van der Waals surface area contributed by atoms with Crippen LogP contribution in [0.4, 0.5) is 0 Å². The Morgan fingerprint density at radius 1 is 1.38 bits per heavy atom. The summed E-state index contributed by atoms with van der Waals surface area (Å²) in [7, 11) is 0. The number of hydrogen-bond acceptors (Lipinski definition) is 4. The quantitative estimate of drug-likeness (QED) is 0.604. The van der Waals surface area contributed by atoms with Gasteiger partial charge in [-0.25, -0.2) is 9.50 Å². The highest BCUT2D eigenvalue weighted by Crippen LogP contribution is 2.15. The van der Waals surface area contributed by atoms with E-state index in [4.69, 9.17) is 0 Å². The van der Waals surface area contributed by atoms with E-state index in [9.17, 15) is 0 Å². The zero-order valence-electron chi connectivity index (χ0n) is 9.64. The van der Waals surface area contributed by atoms with Crippen LogP contribution in [0.5, 0.6) is 0 Å². The van der Waals surface area contributed by atoms with Crippen molar-refractivity contribution in [2.45, 2.75) is 25.9 Å². The fourth-order valence-corrected chi connectivity index (χ4v) is 2.15. The van der Waals surface area contributed by atoms with Crippen LogP contribution in [0, 0.1) is 13.8 Å². The molecule has 0 aliphatic carbocycles. The average Bonchev–Trinajstić information content (AvgIpc) is 2.61. The first-order valence-corrected chi connectivity index (χ1v) is 6.14. The lowest BCUT2D eigenvalue weighted by molar-refractivity contribution is 0.843. The monoisotopic (exact) mass is 234 g/mol. The van der Waals surface area contributed by atoms with Crippen molar-refractivity contribution in [1.82, 2.24) is 19.6 Å². The third kappa shape index (κ3) is 2.24. The lowest BCUT2D eigenvalue weighted by Gasteiger charge is -1.97. The van der Waals surface area contributed by atoms with E-state index in [0.29, 0.717) is 5.78 Å². The zero-order valence-corrected chi connectivity index (χ0v) is 10.5. The molecule has 0 aliphatic rings. The van der Waals surface area contributed by atoms with Gasteiger partial charge in [0.2, 0.25) is 5.16 Å².